The second kappa shape index (κ2) is 4.84. The number of benzene rings is 1. The van der Waals surface area contributed by atoms with Crippen LogP contribution in [0.1, 0.15) is 55.8 Å². The molecule has 1 aromatic carbocycles. The first-order valence-electron chi connectivity index (χ1n) is 7.35. The lowest BCUT2D eigenvalue weighted by Gasteiger charge is -2.13. The molecule has 0 atom stereocenters. The van der Waals surface area contributed by atoms with Crippen molar-refractivity contribution >= 4 is 10.9 Å². The summed E-state index contributed by atoms with van der Waals surface area (Å²) < 4.78 is 0. The zero-order valence-corrected chi connectivity index (χ0v) is 11.8. The lowest BCUT2D eigenvalue weighted by atomic mass is 9.97. The van der Waals surface area contributed by atoms with Crippen LogP contribution in [0, 0.1) is 0 Å². The third kappa shape index (κ3) is 2.09. The minimum Gasteiger partial charge on any atom is -0.358 e. The van der Waals surface area contributed by atoms with Crippen LogP contribution in [0.3, 0.4) is 0 Å². The first-order chi connectivity index (χ1) is 9.18. The number of hydrogen-bond acceptors (Lipinski definition) is 1. The largest absolute Gasteiger partial charge is 0.358 e. The van der Waals surface area contributed by atoms with Crippen molar-refractivity contribution < 1.29 is 0 Å². The number of rotatable bonds is 1. The van der Waals surface area contributed by atoms with Crippen molar-refractivity contribution in [1.82, 2.24) is 4.98 Å². The Morgan fingerprint density at radius 1 is 1.11 bits per heavy atom. The summed E-state index contributed by atoms with van der Waals surface area (Å²) in [6.07, 6.45) is 5.53. The van der Waals surface area contributed by atoms with E-state index < -0.39 is 0 Å². The Labute approximate surface area is 113 Å². The summed E-state index contributed by atoms with van der Waals surface area (Å²) in [5, 5.41) is 0.867. The van der Waals surface area contributed by atoms with Crippen molar-refractivity contribution in [3.05, 3.63) is 45.2 Å². The third-order valence-electron chi connectivity index (χ3n) is 4.23. The smallest absolute Gasteiger partial charge is 0.192 e. The van der Waals surface area contributed by atoms with E-state index in [9.17, 15) is 4.79 Å². The van der Waals surface area contributed by atoms with Gasteiger partial charge in [0.25, 0.3) is 0 Å². The number of aromatic nitrogens is 1. The number of pyridine rings is 1. The van der Waals surface area contributed by atoms with Gasteiger partial charge in [0.05, 0.1) is 5.52 Å². The van der Waals surface area contributed by atoms with Crippen LogP contribution >= 0.6 is 0 Å². The van der Waals surface area contributed by atoms with Gasteiger partial charge in [0.2, 0.25) is 0 Å². The maximum atomic E-state index is 12.7. The predicted octanol–water partition coefficient (Wildman–Crippen LogP) is 3.92. The molecule has 2 nitrogen and oxygen atoms in total. The molecule has 0 saturated carbocycles. The molecule has 1 heterocycles. The maximum Gasteiger partial charge on any atom is 0.192 e. The van der Waals surface area contributed by atoms with Crippen molar-refractivity contribution in [1.29, 1.82) is 0 Å². The number of nitrogens with one attached hydrogen (secondary N) is 1. The molecule has 19 heavy (non-hydrogen) atoms. The summed E-state index contributed by atoms with van der Waals surface area (Å²) in [5.41, 5.74) is 4.78. The third-order valence-corrected chi connectivity index (χ3v) is 4.23. The van der Waals surface area contributed by atoms with Gasteiger partial charge in [-0.3, -0.25) is 4.79 Å². The Hall–Kier alpha value is -1.57. The zero-order valence-electron chi connectivity index (χ0n) is 11.8. The molecule has 0 spiro atoms. The van der Waals surface area contributed by atoms with Crippen LogP contribution in [-0.2, 0) is 12.8 Å². The first-order valence-corrected chi connectivity index (χ1v) is 7.35. The summed E-state index contributed by atoms with van der Waals surface area (Å²) in [7, 11) is 0. The summed E-state index contributed by atoms with van der Waals surface area (Å²) in [5.74, 6) is 0.433. The molecule has 0 radical (unpaired) electrons. The van der Waals surface area contributed by atoms with E-state index >= 15 is 0 Å². The number of fused-ring (bicyclic) bond motifs is 2. The molecular weight excluding hydrogens is 234 g/mol. The molecule has 2 heteroatoms. The first kappa shape index (κ1) is 12.5. The number of aryl methyl sites for hydroxylation is 1. The highest BCUT2D eigenvalue weighted by Gasteiger charge is 2.16. The van der Waals surface area contributed by atoms with Gasteiger partial charge in [-0.15, -0.1) is 0 Å². The number of aromatic amines is 1. The average Bonchev–Trinajstić information content (AvgIpc) is 2.63. The van der Waals surface area contributed by atoms with Gasteiger partial charge in [-0.25, -0.2) is 0 Å². The lowest BCUT2D eigenvalue weighted by molar-refractivity contribution is 0.708. The van der Waals surface area contributed by atoms with Gasteiger partial charge in [-0.2, -0.15) is 0 Å². The highest BCUT2D eigenvalue weighted by atomic mass is 16.1. The minimum atomic E-state index is 0.258. The van der Waals surface area contributed by atoms with Crippen LogP contribution in [-0.4, -0.2) is 4.98 Å². The highest BCUT2D eigenvalue weighted by molar-refractivity contribution is 5.83. The zero-order chi connectivity index (χ0) is 13.4. The van der Waals surface area contributed by atoms with Gasteiger partial charge >= 0.3 is 0 Å². The van der Waals surface area contributed by atoms with Crippen LogP contribution in [0.25, 0.3) is 10.9 Å². The lowest BCUT2D eigenvalue weighted by Crippen LogP contribution is -2.15. The Bertz CT molecular complexity index is 667. The summed E-state index contributed by atoms with van der Waals surface area (Å²) in [4.78, 5) is 16.3. The summed E-state index contributed by atoms with van der Waals surface area (Å²) in [6.45, 7) is 4.36. The molecule has 1 N–H and O–H groups in total. The summed E-state index contributed by atoms with van der Waals surface area (Å²) in [6, 6.07) is 6.10. The number of hydrogen-bond donors (Lipinski definition) is 1. The molecule has 3 rings (SSSR count). The fourth-order valence-electron chi connectivity index (χ4n) is 3.16. The van der Waals surface area contributed by atoms with E-state index in [1.807, 2.05) is 12.1 Å². The van der Waals surface area contributed by atoms with Gasteiger partial charge in [0.1, 0.15) is 0 Å². The normalized spacial score (nSPS) is 15.5. The molecule has 0 amide bonds. The van der Waals surface area contributed by atoms with Crippen molar-refractivity contribution in [3.63, 3.8) is 0 Å². The van der Waals surface area contributed by atoms with Crippen LogP contribution in [0.2, 0.25) is 0 Å². The molecule has 0 fully saturated rings. The molecule has 0 aliphatic heterocycles. The fraction of sp³-hybridized carbons (Fsp3) is 0.471. The fourth-order valence-corrected chi connectivity index (χ4v) is 3.16. The van der Waals surface area contributed by atoms with E-state index in [2.05, 4.69) is 24.9 Å². The Kier molecular flexibility index (Phi) is 3.17. The van der Waals surface area contributed by atoms with Crippen LogP contribution < -0.4 is 5.43 Å². The van der Waals surface area contributed by atoms with Crippen molar-refractivity contribution in [2.24, 2.45) is 0 Å². The van der Waals surface area contributed by atoms with Gasteiger partial charge in [0, 0.05) is 16.6 Å². The molecule has 0 saturated heterocycles. The monoisotopic (exact) mass is 255 g/mol. The average molecular weight is 255 g/mol. The molecule has 100 valence electrons. The molecule has 1 aromatic heterocycles. The van der Waals surface area contributed by atoms with Crippen LogP contribution in [0.5, 0.6) is 0 Å². The molecule has 0 unspecified atom stereocenters. The number of H-pyrrole nitrogens is 1. The van der Waals surface area contributed by atoms with Crippen molar-refractivity contribution in [3.8, 4) is 0 Å². The number of para-hydroxylation sites is 1. The quantitative estimate of drug-likeness (QED) is 0.770. The van der Waals surface area contributed by atoms with E-state index in [4.69, 9.17) is 0 Å². The van der Waals surface area contributed by atoms with Gasteiger partial charge in [-0.05, 0) is 43.2 Å². The molecule has 1 aliphatic carbocycles. The molecular formula is C17H21NO. The second-order valence-corrected chi connectivity index (χ2v) is 5.90. The Morgan fingerprint density at radius 2 is 1.89 bits per heavy atom. The maximum absolute atomic E-state index is 12.7. The molecule has 1 aliphatic rings. The van der Waals surface area contributed by atoms with Gasteiger partial charge in [0.15, 0.2) is 5.43 Å². The van der Waals surface area contributed by atoms with E-state index in [1.165, 1.54) is 24.1 Å². The van der Waals surface area contributed by atoms with Gasteiger partial charge in [-0.1, -0.05) is 32.4 Å². The predicted molar refractivity (Wildman–Crippen MR) is 79.9 cm³/mol. The standard InChI is InChI=1S/C17H21NO/c1-11(2)12-8-6-9-14-16(12)18-15-10-5-3-4-7-13(15)17(14)19/h6,8-9,11H,3-5,7,10H2,1-2H3,(H,18,19). The topological polar surface area (TPSA) is 32.9 Å². The van der Waals surface area contributed by atoms with Crippen LogP contribution in [0.4, 0.5) is 0 Å². The molecule has 2 aromatic rings. The van der Waals surface area contributed by atoms with Crippen molar-refractivity contribution in [2.45, 2.75) is 51.9 Å². The van der Waals surface area contributed by atoms with Gasteiger partial charge < -0.3 is 4.98 Å². The van der Waals surface area contributed by atoms with Crippen LogP contribution in [0.15, 0.2) is 23.0 Å². The SMILES string of the molecule is CC(C)c1cccc2c(=O)c3c([nH]c12)CCCCC3. The van der Waals surface area contributed by atoms with E-state index in [1.54, 1.807) is 0 Å². The van der Waals surface area contributed by atoms with E-state index in [-0.39, 0.29) is 5.43 Å². The minimum absolute atomic E-state index is 0.258. The molecule has 0 bridgehead atoms. The Balaban J connectivity index is 2.34. The summed E-state index contributed by atoms with van der Waals surface area (Å²) >= 11 is 0. The van der Waals surface area contributed by atoms with E-state index in [0.29, 0.717) is 5.92 Å². The van der Waals surface area contributed by atoms with E-state index in [0.717, 1.165) is 35.7 Å². The second-order valence-electron chi connectivity index (χ2n) is 5.90. The van der Waals surface area contributed by atoms with Crippen molar-refractivity contribution in [2.75, 3.05) is 0 Å². The Morgan fingerprint density at radius 3 is 2.68 bits per heavy atom. The highest BCUT2D eigenvalue weighted by Crippen LogP contribution is 2.25.